The Hall–Kier alpha value is -0.130. The van der Waals surface area contributed by atoms with E-state index in [9.17, 15) is 8.42 Å². The molecule has 2 unspecified atom stereocenters. The van der Waals surface area contributed by atoms with Gasteiger partial charge in [-0.1, -0.05) is 33.6 Å². The lowest BCUT2D eigenvalue weighted by molar-refractivity contribution is 0.108. The Morgan fingerprint density at radius 3 is 2.47 bits per heavy atom. The molecule has 5 heteroatoms. The molecular weight excluding hydrogens is 260 g/mol. The van der Waals surface area contributed by atoms with E-state index in [0.717, 1.165) is 25.7 Å². The average Bonchev–Trinajstić information content (AvgIpc) is 2.35. The Morgan fingerprint density at radius 1 is 1.32 bits per heavy atom. The van der Waals surface area contributed by atoms with Gasteiger partial charge in [0.2, 0.25) is 10.0 Å². The van der Waals surface area contributed by atoms with E-state index in [-0.39, 0.29) is 11.3 Å². The second-order valence-electron chi connectivity index (χ2n) is 6.02. The van der Waals surface area contributed by atoms with Crippen molar-refractivity contribution in [1.29, 1.82) is 0 Å². The molecule has 1 aliphatic rings. The number of hydrogen-bond donors (Lipinski definition) is 1. The molecule has 1 saturated carbocycles. The molecule has 4 nitrogen and oxygen atoms in total. The van der Waals surface area contributed by atoms with E-state index in [2.05, 4.69) is 6.92 Å². The van der Waals surface area contributed by atoms with Gasteiger partial charge in [-0.3, -0.25) is 0 Å². The monoisotopic (exact) mass is 290 g/mol. The molecular formula is C14H30N2O2S. The standard InChI is InChI=1S/C14H30N2O2S/c1-4-9-16(19(17,18)10-5-2)14(12-15)8-6-7-13(3)11-14/h13H,4-12,15H2,1-3H3. The zero-order valence-corrected chi connectivity index (χ0v) is 13.5. The smallest absolute Gasteiger partial charge is 0.214 e. The summed E-state index contributed by atoms with van der Waals surface area (Å²) in [6.07, 6.45) is 5.61. The zero-order chi connectivity index (χ0) is 14.5. The van der Waals surface area contributed by atoms with Crippen molar-refractivity contribution in [2.75, 3.05) is 18.8 Å². The first-order chi connectivity index (χ1) is 8.91. The van der Waals surface area contributed by atoms with Gasteiger partial charge in [-0.05, 0) is 31.6 Å². The number of rotatable bonds is 7. The predicted octanol–water partition coefficient (Wildman–Crippen LogP) is 2.35. The lowest BCUT2D eigenvalue weighted by Crippen LogP contribution is -2.58. The minimum atomic E-state index is -3.17. The van der Waals surface area contributed by atoms with Crippen LogP contribution in [0, 0.1) is 5.92 Å². The minimum absolute atomic E-state index is 0.239. The summed E-state index contributed by atoms with van der Waals surface area (Å²) in [5, 5.41) is 0. The Labute approximate surface area is 118 Å². The Balaban J connectivity index is 3.07. The summed E-state index contributed by atoms with van der Waals surface area (Å²) in [6, 6.07) is 0. The van der Waals surface area contributed by atoms with Crippen molar-refractivity contribution in [3.05, 3.63) is 0 Å². The van der Waals surface area contributed by atoms with Crippen LogP contribution in [-0.4, -0.2) is 37.1 Å². The molecule has 2 atom stereocenters. The van der Waals surface area contributed by atoms with E-state index >= 15 is 0 Å². The molecule has 0 aliphatic heterocycles. The average molecular weight is 290 g/mol. The Kier molecular flexibility index (Phi) is 6.27. The first kappa shape index (κ1) is 16.9. The van der Waals surface area contributed by atoms with Crippen molar-refractivity contribution in [3.8, 4) is 0 Å². The molecule has 0 heterocycles. The third-order valence-corrected chi connectivity index (χ3v) is 6.37. The zero-order valence-electron chi connectivity index (χ0n) is 12.7. The second-order valence-corrected chi connectivity index (χ2v) is 8.03. The molecule has 19 heavy (non-hydrogen) atoms. The fourth-order valence-electron chi connectivity index (χ4n) is 3.39. The molecule has 0 aromatic heterocycles. The van der Waals surface area contributed by atoms with E-state index in [1.54, 1.807) is 4.31 Å². The molecule has 1 fully saturated rings. The molecule has 0 spiro atoms. The molecule has 2 N–H and O–H groups in total. The molecule has 114 valence electrons. The molecule has 0 saturated heterocycles. The van der Waals surface area contributed by atoms with Gasteiger partial charge in [0, 0.05) is 18.6 Å². The van der Waals surface area contributed by atoms with Gasteiger partial charge >= 0.3 is 0 Å². The van der Waals surface area contributed by atoms with E-state index in [0.29, 0.717) is 25.4 Å². The molecule has 1 rings (SSSR count). The highest BCUT2D eigenvalue weighted by atomic mass is 32.2. The summed E-state index contributed by atoms with van der Waals surface area (Å²) in [4.78, 5) is 0. The van der Waals surface area contributed by atoms with Crippen molar-refractivity contribution >= 4 is 10.0 Å². The third-order valence-electron chi connectivity index (χ3n) is 4.20. The normalized spacial score (nSPS) is 28.8. The maximum Gasteiger partial charge on any atom is 0.214 e. The van der Waals surface area contributed by atoms with E-state index in [1.807, 2.05) is 13.8 Å². The van der Waals surface area contributed by atoms with Crippen LogP contribution in [0.2, 0.25) is 0 Å². The van der Waals surface area contributed by atoms with Crippen molar-refractivity contribution in [1.82, 2.24) is 4.31 Å². The first-order valence-electron chi connectivity index (χ1n) is 7.62. The van der Waals surface area contributed by atoms with Crippen molar-refractivity contribution in [2.24, 2.45) is 11.7 Å². The minimum Gasteiger partial charge on any atom is -0.329 e. The summed E-state index contributed by atoms with van der Waals surface area (Å²) < 4.78 is 26.9. The fourth-order valence-corrected chi connectivity index (χ4v) is 5.42. The van der Waals surface area contributed by atoms with Crippen LogP contribution >= 0.6 is 0 Å². The van der Waals surface area contributed by atoms with Crippen molar-refractivity contribution in [3.63, 3.8) is 0 Å². The van der Waals surface area contributed by atoms with Gasteiger partial charge in [-0.15, -0.1) is 0 Å². The van der Waals surface area contributed by atoms with Crippen LogP contribution in [0.25, 0.3) is 0 Å². The fraction of sp³-hybridized carbons (Fsp3) is 1.00. The number of sulfonamides is 1. The van der Waals surface area contributed by atoms with E-state index < -0.39 is 10.0 Å². The lowest BCUT2D eigenvalue weighted by Gasteiger charge is -2.46. The highest BCUT2D eigenvalue weighted by Gasteiger charge is 2.43. The van der Waals surface area contributed by atoms with Crippen molar-refractivity contribution < 1.29 is 8.42 Å². The molecule has 0 radical (unpaired) electrons. The van der Waals surface area contributed by atoms with Gasteiger partial charge in [0.15, 0.2) is 0 Å². The molecule has 0 amide bonds. The van der Waals surface area contributed by atoms with Gasteiger partial charge in [-0.25, -0.2) is 8.42 Å². The van der Waals surface area contributed by atoms with Gasteiger partial charge in [0.1, 0.15) is 0 Å². The van der Waals surface area contributed by atoms with Crippen LogP contribution in [0.1, 0.15) is 59.3 Å². The molecule has 0 bridgehead atoms. The molecule has 0 aromatic carbocycles. The quantitative estimate of drug-likeness (QED) is 0.783. The topological polar surface area (TPSA) is 63.4 Å². The van der Waals surface area contributed by atoms with Gasteiger partial charge in [0.05, 0.1) is 5.75 Å². The number of nitrogens with two attached hydrogens (primary N) is 1. The van der Waals surface area contributed by atoms with Gasteiger partial charge < -0.3 is 5.73 Å². The van der Waals surface area contributed by atoms with Crippen molar-refractivity contribution in [2.45, 2.75) is 64.8 Å². The Bertz CT molecular complexity index is 370. The molecule has 1 aliphatic carbocycles. The first-order valence-corrected chi connectivity index (χ1v) is 9.23. The number of hydrogen-bond acceptors (Lipinski definition) is 3. The second kappa shape index (κ2) is 7.04. The van der Waals surface area contributed by atoms with Crippen LogP contribution in [-0.2, 0) is 10.0 Å². The summed E-state index contributed by atoms with van der Waals surface area (Å²) in [7, 11) is -3.17. The third kappa shape index (κ3) is 3.92. The van der Waals surface area contributed by atoms with Gasteiger partial charge in [0.25, 0.3) is 0 Å². The van der Waals surface area contributed by atoms with E-state index in [1.165, 1.54) is 6.42 Å². The lowest BCUT2D eigenvalue weighted by atomic mass is 9.76. The van der Waals surface area contributed by atoms with Crippen LogP contribution in [0.4, 0.5) is 0 Å². The summed E-state index contributed by atoms with van der Waals surface area (Å²) in [6.45, 7) is 7.21. The highest BCUT2D eigenvalue weighted by Crippen LogP contribution is 2.38. The summed E-state index contributed by atoms with van der Waals surface area (Å²) >= 11 is 0. The maximum atomic E-state index is 12.6. The Morgan fingerprint density at radius 2 is 2.00 bits per heavy atom. The van der Waals surface area contributed by atoms with E-state index in [4.69, 9.17) is 5.73 Å². The van der Waals surface area contributed by atoms with Crippen LogP contribution < -0.4 is 5.73 Å². The SMILES string of the molecule is CCCN(C1(CN)CCCC(C)C1)S(=O)(=O)CCC. The summed E-state index contributed by atoms with van der Waals surface area (Å²) in [5.74, 6) is 0.803. The molecule has 0 aromatic rings. The number of nitrogens with zero attached hydrogens (tertiary/aromatic N) is 1. The predicted molar refractivity (Wildman–Crippen MR) is 80.5 cm³/mol. The van der Waals surface area contributed by atoms with Crippen LogP contribution in [0.5, 0.6) is 0 Å². The van der Waals surface area contributed by atoms with Crippen LogP contribution in [0.3, 0.4) is 0 Å². The summed E-state index contributed by atoms with van der Waals surface area (Å²) in [5.41, 5.74) is 5.69. The largest absolute Gasteiger partial charge is 0.329 e. The van der Waals surface area contributed by atoms with Gasteiger partial charge in [-0.2, -0.15) is 4.31 Å². The maximum absolute atomic E-state index is 12.6. The van der Waals surface area contributed by atoms with Crippen LogP contribution in [0.15, 0.2) is 0 Å². The highest BCUT2D eigenvalue weighted by molar-refractivity contribution is 7.89.